The Kier molecular flexibility index (Phi) is 4.61. The summed E-state index contributed by atoms with van der Waals surface area (Å²) in [6, 6.07) is 5.16. The van der Waals surface area contributed by atoms with Gasteiger partial charge in [-0.25, -0.2) is 4.98 Å². The number of para-hydroxylation sites is 1. The zero-order chi connectivity index (χ0) is 14.6. The molecular weight excluding hydrogens is 289 g/mol. The van der Waals surface area contributed by atoms with Crippen LogP contribution in [-0.2, 0) is 19.3 Å². The SMILES string of the molecule is CNCc1nc(COc2ccccc2C(F)(F)F)cs1. The maximum Gasteiger partial charge on any atom is 0.419 e. The molecule has 0 fully saturated rings. The fourth-order valence-corrected chi connectivity index (χ4v) is 2.42. The highest BCUT2D eigenvalue weighted by atomic mass is 32.1. The second-order valence-corrected chi connectivity index (χ2v) is 4.99. The Morgan fingerprint density at radius 2 is 2.05 bits per heavy atom. The van der Waals surface area contributed by atoms with Crippen LogP contribution in [0.3, 0.4) is 0 Å². The van der Waals surface area contributed by atoms with E-state index in [9.17, 15) is 13.2 Å². The first-order valence-corrected chi connectivity index (χ1v) is 6.75. The van der Waals surface area contributed by atoms with Gasteiger partial charge >= 0.3 is 6.18 Å². The molecule has 3 nitrogen and oxygen atoms in total. The lowest BCUT2D eigenvalue weighted by Gasteiger charge is -2.12. The van der Waals surface area contributed by atoms with Crippen LogP contribution in [0.4, 0.5) is 13.2 Å². The predicted molar refractivity (Wildman–Crippen MR) is 70.7 cm³/mol. The fourth-order valence-electron chi connectivity index (χ4n) is 1.63. The van der Waals surface area contributed by atoms with Gasteiger partial charge in [0.2, 0.25) is 0 Å². The van der Waals surface area contributed by atoms with Gasteiger partial charge in [-0.2, -0.15) is 13.2 Å². The zero-order valence-electron chi connectivity index (χ0n) is 10.7. The van der Waals surface area contributed by atoms with Gasteiger partial charge in [-0.15, -0.1) is 11.3 Å². The van der Waals surface area contributed by atoms with Crippen molar-refractivity contribution in [2.45, 2.75) is 19.3 Å². The largest absolute Gasteiger partial charge is 0.487 e. The standard InChI is InChI=1S/C13H13F3N2OS/c1-17-6-12-18-9(8-20-12)7-19-11-5-3-2-4-10(11)13(14,15)16/h2-5,8,17H,6-7H2,1H3. The van der Waals surface area contributed by atoms with E-state index in [1.54, 1.807) is 12.4 Å². The number of thiazole rings is 1. The van der Waals surface area contributed by atoms with Crippen molar-refractivity contribution in [1.29, 1.82) is 0 Å². The number of aromatic nitrogens is 1. The minimum atomic E-state index is -4.42. The molecule has 0 spiro atoms. The van der Waals surface area contributed by atoms with Crippen LogP contribution in [0.5, 0.6) is 5.75 Å². The lowest BCUT2D eigenvalue weighted by atomic mass is 10.2. The molecular formula is C13H13F3N2OS. The third kappa shape index (κ3) is 3.71. The van der Waals surface area contributed by atoms with Gasteiger partial charge in [0, 0.05) is 11.9 Å². The number of rotatable bonds is 5. The van der Waals surface area contributed by atoms with Gasteiger partial charge in [0.1, 0.15) is 17.4 Å². The van der Waals surface area contributed by atoms with Crippen LogP contribution in [-0.4, -0.2) is 12.0 Å². The van der Waals surface area contributed by atoms with E-state index < -0.39 is 11.7 Å². The number of halogens is 3. The summed E-state index contributed by atoms with van der Waals surface area (Å²) in [5.41, 5.74) is -0.150. The molecule has 0 amide bonds. The lowest BCUT2D eigenvalue weighted by Crippen LogP contribution is -2.09. The van der Waals surface area contributed by atoms with E-state index in [1.807, 2.05) is 0 Å². The molecule has 7 heteroatoms. The van der Waals surface area contributed by atoms with Crippen molar-refractivity contribution in [2.75, 3.05) is 7.05 Å². The summed E-state index contributed by atoms with van der Waals surface area (Å²) in [6.07, 6.45) is -4.42. The van der Waals surface area contributed by atoms with E-state index in [0.717, 1.165) is 11.1 Å². The Hall–Kier alpha value is -1.60. The number of alkyl halides is 3. The highest BCUT2D eigenvalue weighted by Crippen LogP contribution is 2.36. The third-order valence-electron chi connectivity index (χ3n) is 2.50. The van der Waals surface area contributed by atoms with Crippen LogP contribution in [0.15, 0.2) is 29.6 Å². The first kappa shape index (κ1) is 14.8. The summed E-state index contributed by atoms with van der Waals surface area (Å²) in [6.45, 7) is 0.650. The summed E-state index contributed by atoms with van der Waals surface area (Å²) < 4.78 is 43.6. The Bertz CT molecular complexity index is 569. The monoisotopic (exact) mass is 302 g/mol. The van der Waals surface area contributed by atoms with Crippen molar-refractivity contribution < 1.29 is 17.9 Å². The van der Waals surface area contributed by atoms with Gasteiger partial charge in [-0.1, -0.05) is 12.1 Å². The molecule has 1 N–H and O–H groups in total. The predicted octanol–water partition coefficient (Wildman–Crippen LogP) is 3.46. The Morgan fingerprint density at radius 3 is 2.75 bits per heavy atom. The Labute approximate surface area is 118 Å². The Morgan fingerprint density at radius 1 is 1.30 bits per heavy atom. The van der Waals surface area contributed by atoms with Gasteiger partial charge < -0.3 is 10.1 Å². The second-order valence-electron chi connectivity index (χ2n) is 4.05. The van der Waals surface area contributed by atoms with Crippen molar-refractivity contribution in [3.63, 3.8) is 0 Å². The Balaban J connectivity index is 2.07. The van der Waals surface area contributed by atoms with Crippen LogP contribution in [0.25, 0.3) is 0 Å². The summed E-state index contributed by atoms with van der Waals surface area (Å²) in [4.78, 5) is 4.26. The normalized spacial score (nSPS) is 11.6. The van der Waals surface area contributed by atoms with E-state index >= 15 is 0 Å². The maximum absolute atomic E-state index is 12.8. The van der Waals surface area contributed by atoms with Gasteiger partial charge in [0.25, 0.3) is 0 Å². The highest BCUT2D eigenvalue weighted by Gasteiger charge is 2.34. The fraction of sp³-hybridized carbons (Fsp3) is 0.308. The summed E-state index contributed by atoms with van der Waals surface area (Å²) in [5.74, 6) is -0.178. The minimum Gasteiger partial charge on any atom is -0.487 e. The van der Waals surface area contributed by atoms with Crippen LogP contribution in [0, 0.1) is 0 Å². The van der Waals surface area contributed by atoms with Crippen molar-refractivity contribution in [2.24, 2.45) is 0 Å². The molecule has 0 unspecified atom stereocenters. The van der Waals surface area contributed by atoms with Crippen molar-refractivity contribution >= 4 is 11.3 Å². The van der Waals surface area contributed by atoms with Gasteiger partial charge in [0.05, 0.1) is 11.3 Å². The minimum absolute atomic E-state index is 0.0211. The molecule has 2 aromatic rings. The maximum atomic E-state index is 12.8. The topological polar surface area (TPSA) is 34.2 Å². The number of nitrogens with one attached hydrogen (secondary N) is 1. The first-order valence-electron chi connectivity index (χ1n) is 5.87. The third-order valence-corrected chi connectivity index (χ3v) is 3.39. The zero-order valence-corrected chi connectivity index (χ0v) is 11.5. The molecule has 108 valence electrons. The molecule has 1 aromatic carbocycles. The molecule has 0 bridgehead atoms. The highest BCUT2D eigenvalue weighted by molar-refractivity contribution is 7.09. The molecule has 0 atom stereocenters. The van der Waals surface area contributed by atoms with E-state index in [4.69, 9.17) is 4.74 Å². The summed E-state index contributed by atoms with van der Waals surface area (Å²) in [7, 11) is 1.80. The molecule has 0 aliphatic heterocycles. The number of hydrogen-bond acceptors (Lipinski definition) is 4. The van der Waals surface area contributed by atoms with Gasteiger partial charge in [-0.05, 0) is 19.2 Å². The smallest absolute Gasteiger partial charge is 0.419 e. The molecule has 0 aliphatic carbocycles. The molecule has 0 saturated heterocycles. The van der Waals surface area contributed by atoms with E-state index in [0.29, 0.717) is 12.2 Å². The molecule has 0 radical (unpaired) electrons. The van der Waals surface area contributed by atoms with Crippen LogP contribution >= 0.6 is 11.3 Å². The molecule has 1 heterocycles. The number of benzene rings is 1. The lowest BCUT2D eigenvalue weighted by molar-refractivity contribution is -0.139. The second kappa shape index (κ2) is 6.23. The average molecular weight is 302 g/mol. The first-order chi connectivity index (χ1) is 9.50. The van der Waals surface area contributed by atoms with Gasteiger partial charge in [0.15, 0.2) is 0 Å². The molecule has 20 heavy (non-hydrogen) atoms. The molecule has 0 aliphatic rings. The summed E-state index contributed by atoms with van der Waals surface area (Å²) >= 11 is 1.44. The van der Waals surface area contributed by atoms with E-state index in [1.165, 1.54) is 29.5 Å². The summed E-state index contributed by atoms with van der Waals surface area (Å²) in [5, 5.41) is 5.61. The number of ether oxygens (including phenoxy) is 1. The quantitative estimate of drug-likeness (QED) is 0.918. The molecule has 1 aromatic heterocycles. The van der Waals surface area contributed by atoms with Crippen LogP contribution in [0.2, 0.25) is 0 Å². The van der Waals surface area contributed by atoms with Crippen molar-refractivity contribution in [3.05, 3.63) is 45.9 Å². The van der Waals surface area contributed by atoms with Crippen LogP contribution < -0.4 is 10.1 Å². The van der Waals surface area contributed by atoms with Crippen molar-refractivity contribution in [3.8, 4) is 5.75 Å². The van der Waals surface area contributed by atoms with Gasteiger partial charge in [-0.3, -0.25) is 0 Å². The van der Waals surface area contributed by atoms with Crippen LogP contribution in [0.1, 0.15) is 16.3 Å². The molecule has 2 rings (SSSR count). The molecule has 0 saturated carbocycles. The number of nitrogens with zero attached hydrogens (tertiary/aromatic N) is 1. The van der Waals surface area contributed by atoms with E-state index in [-0.39, 0.29) is 12.4 Å². The van der Waals surface area contributed by atoms with E-state index in [2.05, 4.69) is 10.3 Å². The van der Waals surface area contributed by atoms with Crippen molar-refractivity contribution in [1.82, 2.24) is 10.3 Å². The number of hydrogen-bond donors (Lipinski definition) is 1. The average Bonchev–Trinajstić information content (AvgIpc) is 2.84.